The van der Waals surface area contributed by atoms with E-state index in [4.69, 9.17) is 18.6 Å². The SMILES string of the molecule is CN=Cc1ccc2c3c([nH]c2c1)C(C)(C)c1ccc(OC[C@H]2OC(C)(C)O[C@@H]2CO[Si](C)(C)C(C)(C)C)cc1C3=O. The number of nitrogens with zero attached hydrogens (tertiary/aromatic N) is 1. The van der Waals surface area contributed by atoms with E-state index in [1.165, 1.54) is 0 Å². The first kappa shape index (κ1) is 29.7. The summed E-state index contributed by atoms with van der Waals surface area (Å²) in [7, 11) is -0.194. The van der Waals surface area contributed by atoms with Crippen LogP contribution in [-0.4, -0.2) is 63.6 Å². The second-order valence-electron chi connectivity index (χ2n) is 13.8. The van der Waals surface area contributed by atoms with Crippen molar-refractivity contribution in [2.45, 2.75) is 90.0 Å². The van der Waals surface area contributed by atoms with Crippen molar-refractivity contribution in [3.63, 3.8) is 0 Å². The summed E-state index contributed by atoms with van der Waals surface area (Å²) in [5.41, 5.74) is 4.86. The quantitative estimate of drug-likeness (QED) is 0.242. The molecule has 2 heterocycles. The number of H-pyrrole nitrogens is 1. The van der Waals surface area contributed by atoms with Crippen molar-refractivity contribution in [3.8, 4) is 5.75 Å². The normalized spacial score (nSPS) is 21.9. The van der Waals surface area contributed by atoms with Crippen LogP contribution < -0.4 is 4.74 Å². The van der Waals surface area contributed by atoms with Gasteiger partial charge in [-0.1, -0.05) is 52.8 Å². The Morgan fingerprint density at radius 2 is 1.71 bits per heavy atom. The van der Waals surface area contributed by atoms with Gasteiger partial charge in [-0.05, 0) is 61.3 Å². The molecule has 0 amide bonds. The number of rotatable bonds is 7. The summed E-state index contributed by atoms with van der Waals surface area (Å²) in [6, 6.07) is 11.9. The molecule has 0 spiro atoms. The number of ether oxygens (including phenoxy) is 3. The molecule has 220 valence electrons. The molecule has 1 aliphatic carbocycles. The predicted octanol–water partition coefficient (Wildman–Crippen LogP) is 7.01. The Morgan fingerprint density at radius 3 is 2.37 bits per heavy atom. The van der Waals surface area contributed by atoms with Crippen molar-refractivity contribution in [2.75, 3.05) is 20.3 Å². The van der Waals surface area contributed by atoms with Gasteiger partial charge < -0.3 is 23.6 Å². The van der Waals surface area contributed by atoms with Crippen LogP contribution in [0.5, 0.6) is 5.75 Å². The van der Waals surface area contributed by atoms with E-state index >= 15 is 0 Å². The zero-order valence-corrected chi connectivity index (χ0v) is 27.1. The molecule has 1 saturated heterocycles. The number of benzene rings is 2. The first-order valence-corrected chi connectivity index (χ1v) is 17.3. The van der Waals surface area contributed by atoms with Crippen LogP contribution in [0.1, 0.15) is 81.2 Å². The number of fused-ring (bicyclic) bond motifs is 4. The Bertz CT molecular complexity index is 1510. The van der Waals surface area contributed by atoms with E-state index in [0.29, 0.717) is 24.5 Å². The smallest absolute Gasteiger partial charge is 0.195 e. The molecule has 0 saturated carbocycles. The van der Waals surface area contributed by atoms with Gasteiger partial charge in [0.15, 0.2) is 19.9 Å². The van der Waals surface area contributed by atoms with Gasteiger partial charge >= 0.3 is 0 Å². The van der Waals surface area contributed by atoms with E-state index in [1.54, 1.807) is 7.05 Å². The van der Waals surface area contributed by atoms with Crippen LogP contribution in [0.4, 0.5) is 0 Å². The molecule has 1 aliphatic heterocycles. The van der Waals surface area contributed by atoms with E-state index in [9.17, 15) is 4.79 Å². The average molecular weight is 577 g/mol. The fourth-order valence-electron chi connectivity index (χ4n) is 5.64. The van der Waals surface area contributed by atoms with Crippen LogP contribution in [0, 0.1) is 0 Å². The van der Waals surface area contributed by atoms with Gasteiger partial charge in [-0.25, -0.2) is 0 Å². The predicted molar refractivity (Wildman–Crippen MR) is 166 cm³/mol. The summed E-state index contributed by atoms with van der Waals surface area (Å²) in [4.78, 5) is 21.6. The van der Waals surface area contributed by atoms with Gasteiger partial charge in [0.05, 0.1) is 12.2 Å². The van der Waals surface area contributed by atoms with Gasteiger partial charge in [0.1, 0.15) is 24.6 Å². The minimum Gasteiger partial charge on any atom is -0.491 e. The molecule has 8 heteroatoms. The molecule has 1 aromatic heterocycles. The third-order valence-corrected chi connectivity index (χ3v) is 13.5. The number of ketones is 1. The van der Waals surface area contributed by atoms with Gasteiger partial charge in [0.2, 0.25) is 0 Å². The maximum atomic E-state index is 13.9. The fraction of sp³-hybridized carbons (Fsp3) is 0.515. The van der Waals surface area contributed by atoms with Crippen molar-refractivity contribution in [2.24, 2.45) is 4.99 Å². The summed E-state index contributed by atoms with van der Waals surface area (Å²) >= 11 is 0. The highest BCUT2D eigenvalue weighted by molar-refractivity contribution is 6.74. The minimum absolute atomic E-state index is 0.00478. The molecular formula is C33H44N2O5Si. The molecule has 5 rings (SSSR count). The number of hydrogen-bond donors (Lipinski definition) is 1. The largest absolute Gasteiger partial charge is 0.491 e. The zero-order chi connectivity index (χ0) is 30.0. The molecule has 41 heavy (non-hydrogen) atoms. The fourth-order valence-corrected chi connectivity index (χ4v) is 6.66. The number of aromatic amines is 1. The lowest BCUT2D eigenvalue weighted by Gasteiger charge is -2.37. The molecule has 2 aliphatic rings. The van der Waals surface area contributed by atoms with Gasteiger partial charge in [-0.3, -0.25) is 9.79 Å². The van der Waals surface area contributed by atoms with E-state index < -0.39 is 14.1 Å². The first-order valence-electron chi connectivity index (χ1n) is 14.4. The van der Waals surface area contributed by atoms with Gasteiger partial charge in [-0.2, -0.15) is 0 Å². The lowest BCUT2D eigenvalue weighted by Crippen LogP contribution is -2.44. The summed E-state index contributed by atoms with van der Waals surface area (Å²) in [5.74, 6) is -0.0833. The highest BCUT2D eigenvalue weighted by atomic mass is 28.4. The Balaban J connectivity index is 1.38. The summed E-state index contributed by atoms with van der Waals surface area (Å²) in [5, 5.41) is 1.03. The van der Waals surface area contributed by atoms with Crippen molar-refractivity contribution in [1.29, 1.82) is 0 Å². The third kappa shape index (κ3) is 5.43. The second kappa shape index (κ2) is 10.2. The summed E-state index contributed by atoms with van der Waals surface area (Å²) in [6.45, 7) is 20.1. The minimum atomic E-state index is -1.95. The number of aliphatic imine (C=N–C) groups is 1. The van der Waals surface area contributed by atoms with E-state index in [0.717, 1.165) is 33.3 Å². The van der Waals surface area contributed by atoms with Crippen molar-refractivity contribution < 1.29 is 23.4 Å². The third-order valence-electron chi connectivity index (χ3n) is 8.98. The zero-order valence-electron chi connectivity index (χ0n) is 26.1. The monoisotopic (exact) mass is 576 g/mol. The topological polar surface area (TPSA) is 82.1 Å². The van der Waals surface area contributed by atoms with Crippen LogP contribution in [0.15, 0.2) is 41.4 Å². The van der Waals surface area contributed by atoms with Crippen LogP contribution >= 0.6 is 0 Å². The van der Waals surface area contributed by atoms with Crippen molar-refractivity contribution in [3.05, 3.63) is 64.3 Å². The standard InChI is InChI=1S/C33H44N2O5Si/c1-31(2,3)41(9,10)38-19-27-26(39-33(6,7)40-27)18-37-21-12-14-24-23(16-21)29(36)28-22-13-11-20(17-34-8)15-25(22)35-30(28)32(24,4)5/h11-17,26-27,35H,18-19H2,1-10H3/t26-,27-/m1/s1. The highest BCUT2D eigenvalue weighted by Crippen LogP contribution is 2.45. The Hall–Kier alpha value is -2.78. The molecule has 0 unspecified atom stereocenters. The molecule has 1 fully saturated rings. The molecule has 3 aromatic rings. The summed E-state index contributed by atoms with van der Waals surface area (Å²) in [6.07, 6.45) is 1.28. The molecule has 7 nitrogen and oxygen atoms in total. The van der Waals surface area contributed by atoms with Crippen LogP contribution in [0.25, 0.3) is 10.9 Å². The first-order chi connectivity index (χ1) is 19.0. The summed E-state index contributed by atoms with van der Waals surface area (Å²) < 4.78 is 25.2. The van der Waals surface area contributed by atoms with Crippen LogP contribution in [0.2, 0.25) is 18.1 Å². The van der Waals surface area contributed by atoms with Crippen LogP contribution in [0.3, 0.4) is 0 Å². The van der Waals surface area contributed by atoms with E-state index in [1.807, 2.05) is 56.5 Å². The van der Waals surface area contributed by atoms with Gasteiger partial charge in [-0.15, -0.1) is 0 Å². The van der Waals surface area contributed by atoms with E-state index in [2.05, 4.69) is 57.7 Å². The van der Waals surface area contributed by atoms with Crippen molar-refractivity contribution in [1.82, 2.24) is 4.98 Å². The molecule has 2 aromatic carbocycles. The van der Waals surface area contributed by atoms with E-state index in [-0.39, 0.29) is 28.4 Å². The van der Waals surface area contributed by atoms with Crippen molar-refractivity contribution >= 4 is 31.2 Å². The number of hydrogen-bond acceptors (Lipinski definition) is 6. The molecular weight excluding hydrogens is 532 g/mol. The molecule has 1 N–H and O–H groups in total. The molecule has 0 bridgehead atoms. The van der Waals surface area contributed by atoms with Gasteiger partial charge in [0.25, 0.3) is 0 Å². The lowest BCUT2D eigenvalue weighted by atomic mass is 9.71. The number of carbonyl (C=O) groups is 1. The maximum Gasteiger partial charge on any atom is 0.195 e. The Kier molecular flexibility index (Phi) is 7.38. The number of carbonyl (C=O) groups excluding carboxylic acids is 1. The number of nitrogens with one attached hydrogen (secondary N) is 1. The molecule has 2 atom stereocenters. The highest BCUT2D eigenvalue weighted by Gasteiger charge is 2.45. The maximum absolute atomic E-state index is 13.9. The molecule has 0 radical (unpaired) electrons. The average Bonchev–Trinajstić information content (AvgIpc) is 3.41. The van der Waals surface area contributed by atoms with Crippen LogP contribution in [-0.2, 0) is 19.3 Å². The second-order valence-corrected chi connectivity index (χ2v) is 18.6. The lowest BCUT2D eigenvalue weighted by molar-refractivity contribution is -0.150. The number of aromatic nitrogens is 1. The Morgan fingerprint density at radius 1 is 1.02 bits per heavy atom. The Labute approximate surface area is 244 Å². The van der Waals surface area contributed by atoms with Gasteiger partial charge in [0, 0.05) is 40.8 Å².